The second-order valence-electron chi connectivity index (χ2n) is 8.99. The van der Waals surface area contributed by atoms with E-state index in [4.69, 9.17) is 4.74 Å². The van der Waals surface area contributed by atoms with Gasteiger partial charge in [-0.05, 0) is 42.8 Å². The number of hydrogen-bond acceptors (Lipinski definition) is 7. The van der Waals surface area contributed by atoms with E-state index in [0.717, 1.165) is 24.3 Å². The summed E-state index contributed by atoms with van der Waals surface area (Å²) in [5, 5.41) is 10.9. The molecule has 0 bridgehead atoms. The molecular weight excluding hydrogens is 448 g/mol. The molecule has 2 fully saturated rings. The van der Waals surface area contributed by atoms with Gasteiger partial charge in [-0.2, -0.15) is 0 Å². The molecule has 2 heterocycles. The lowest BCUT2D eigenvalue weighted by Gasteiger charge is -2.38. The molecule has 2 aromatic rings. The second kappa shape index (κ2) is 11.3. The van der Waals surface area contributed by atoms with Gasteiger partial charge in [0.2, 0.25) is 5.91 Å². The molecule has 0 spiro atoms. The van der Waals surface area contributed by atoms with E-state index in [1.807, 2.05) is 12.1 Å². The average Bonchev–Trinajstić information content (AvgIpc) is 3.18. The third kappa shape index (κ3) is 5.79. The topological polar surface area (TPSA) is 96.2 Å². The minimum absolute atomic E-state index is 0.0640. The standard InChI is InChI=1S/C26H32N4O5/c1-2-3-4-5-18-35-23-12-10-21(11-13-23)29-25(31)19-24(26(29)32)28-16-14-27(15-17-28)20-6-8-22(9-7-20)30(33)34/h6-13,24H,2-5,14-19H2,1H3/t24-/m0/s1. The number of imide groups is 1. The lowest BCUT2D eigenvalue weighted by Crippen LogP contribution is -2.52. The fourth-order valence-electron chi connectivity index (χ4n) is 4.66. The lowest BCUT2D eigenvalue weighted by molar-refractivity contribution is -0.384. The highest BCUT2D eigenvalue weighted by Gasteiger charge is 2.43. The van der Waals surface area contributed by atoms with Gasteiger partial charge in [-0.3, -0.25) is 24.6 Å². The van der Waals surface area contributed by atoms with Gasteiger partial charge in [-0.1, -0.05) is 26.2 Å². The van der Waals surface area contributed by atoms with E-state index in [2.05, 4.69) is 16.7 Å². The summed E-state index contributed by atoms with van der Waals surface area (Å²) in [6, 6.07) is 13.2. The third-order valence-corrected chi connectivity index (χ3v) is 6.67. The maximum absolute atomic E-state index is 13.2. The molecule has 35 heavy (non-hydrogen) atoms. The molecule has 0 N–H and O–H groups in total. The number of carbonyl (C=O) groups excluding carboxylic acids is 2. The number of non-ortho nitro benzene ring substituents is 1. The summed E-state index contributed by atoms with van der Waals surface area (Å²) in [6.07, 6.45) is 4.72. The number of carbonyl (C=O) groups is 2. The first kappa shape index (κ1) is 24.7. The van der Waals surface area contributed by atoms with Crippen molar-refractivity contribution in [2.75, 3.05) is 42.6 Å². The van der Waals surface area contributed by atoms with E-state index < -0.39 is 11.0 Å². The summed E-state index contributed by atoms with van der Waals surface area (Å²) in [5.74, 6) is 0.362. The Morgan fingerprint density at radius 1 is 0.914 bits per heavy atom. The Hall–Kier alpha value is -3.46. The Kier molecular flexibility index (Phi) is 7.97. The van der Waals surface area contributed by atoms with Crippen LogP contribution in [0.1, 0.15) is 39.0 Å². The number of rotatable bonds is 10. The molecule has 4 rings (SSSR count). The van der Waals surface area contributed by atoms with Crippen LogP contribution in [0.15, 0.2) is 48.5 Å². The first-order chi connectivity index (χ1) is 17.0. The zero-order chi connectivity index (χ0) is 24.8. The lowest BCUT2D eigenvalue weighted by atomic mass is 10.1. The number of anilines is 2. The number of nitrogens with zero attached hydrogens (tertiary/aromatic N) is 4. The highest BCUT2D eigenvalue weighted by Crippen LogP contribution is 2.29. The van der Waals surface area contributed by atoms with Crippen molar-refractivity contribution in [1.29, 1.82) is 0 Å². The van der Waals surface area contributed by atoms with Crippen LogP contribution in [-0.4, -0.2) is 60.5 Å². The largest absolute Gasteiger partial charge is 0.494 e. The minimum atomic E-state index is -0.462. The Labute approximate surface area is 205 Å². The molecule has 0 radical (unpaired) electrons. The van der Waals surface area contributed by atoms with Gasteiger partial charge < -0.3 is 9.64 Å². The molecule has 2 amide bonds. The molecule has 0 aliphatic carbocycles. The summed E-state index contributed by atoms with van der Waals surface area (Å²) in [7, 11) is 0. The number of nitro benzene ring substituents is 1. The van der Waals surface area contributed by atoms with E-state index >= 15 is 0 Å². The number of ether oxygens (including phenoxy) is 1. The molecule has 9 nitrogen and oxygen atoms in total. The van der Waals surface area contributed by atoms with Crippen LogP contribution in [0.5, 0.6) is 5.75 Å². The molecular formula is C26H32N4O5. The van der Waals surface area contributed by atoms with Crippen molar-refractivity contribution in [1.82, 2.24) is 4.90 Å². The maximum Gasteiger partial charge on any atom is 0.269 e. The quantitative estimate of drug-likeness (QED) is 0.219. The number of piperazine rings is 1. The molecule has 0 unspecified atom stereocenters. The summed E-state index contributed by atoms with van der Waals surface area (Å²) in [6.45, 7) is 5.47. The highest BCUT2D eigenvalue weighted by atomic mass is 16.6. The Morgan fingerprint density at radius 2 is 1.57 bits per heavy atom. The SMILES string of the molecule is CCCCCCOc1ccc(N2C(=O)C[C@H](N3CCN(c4ccc([N+](=O)[O-])cc4)CC3)C2=O)cc1. The fraction of sp³-hybridized carbons (Fsp3) is 0.462. The smallest absolute Gasteiger partial charge is 0.269 e. The highest BCUT2D eigenvalue weighted by molar-refractivity contribution is 6.22. The van der Waals surface area contributed by atoms with Gasteiger partial charge >= 0.3 is 0 Å². The maximum atomic E-state index is 13.2. The first-order valence-corrected chi connectivity index (χ1v) is 12.3. The molecule has 0 aromatic heterocycles. The molecule has 0 saturated carbocycles. The summed E-state index contributed by atoms with van der Waals surface area (Å²) < 4.78 is 5.77. The van der Waals surface area contributed by atoms with Gasteiger partial charge in [-0.15, -0.1) is 0 Å². The van der Waals surface area contributed by atoms with Crippen molar-refractivity contribution in [3.05, 3.63) is 58.6 Å². The third-order valence-electron chi connectivity index (χ3n) is 6.67. The van der Waals surface area contributed by atoms with Crippen LogP contribution < -0.4 is 14.5 Å². The Bertz CT molecular complexity index is 1030. The normalized spacial score (nSPS) is 18.8. The zero-order valence-electron chi connectivity index (χ0n) is 20.1. The van der Waals surface area contributed by atoms with Gasteiger partial charge in [0.05, 0.1) is 29.7 Å². The van der Waals surface area contributed by atoms with Crippen LogP contribution in [-0.2, 0) is 9.59 Å². The number of benzene rings is 2. The van der Waals surface area contributed by atoms with Crippen molar-refractivity contribution >= 4 is 28.9 Å². The van der Waals surface area contributed by atoms with Crippen LogP contribution in [0, 0.1) is 10.1 Å². The van der Waals surface area contributed by atoms with Crippen LogP contribution in [0.4, 0.5) is 17.1 Å². The van der Waals surface area contributed by atoms with Crippen molar-refractivity contribution < 1.29 is 19.2 Å². The monoisotopic (exact) mass is 480 g/mol. The van der Waals surface area contributed by atoms with Gasteiger partial charge in [0, 0.05) is 44.0 Å². The number of hydrogen-bond donors (Lipinski definition) is 0. The molecule has 1 atom stereocenters. The first-order valence-electron chi connectivity index (χ1n) is 12.3. The molecule has 2 aliphatic heterocycles. The Morgan fingerprint density at radius 3 is 2.20 bits per heavy atom. The molecule has 9 heteroatoms. The van der Waals surface area contributed by atoms with Crippen LogP contribution >= 0.6 is 0 Å². The Balaban J connectivity index is 1.31. The van der Waals surface area contributed by atoms with Gasteiger partial charge in [-0.25, -0.2) is 4.90 Å². The van der Waals surface area contributed by atoms with E-state index in [1.54, 1.807) is 24.3 Å². The predicted molar refractivity (Wildman–Crippen MR) is 134 cm³/mol. The van der Waals surface area contributed by atoms with E-state index in [0.29, 0.717) is 38.5 Å². The van der Waals surface area contributed by atoms with E-state index in [1.165, 1.54) is 29.9 Å². The van der Waals surface area contributed by atoms with Gasteiger partial charge in [0.15, 0.2) is 0 Å². The molecule has 2 saturated heterocycles. The van der Waals surface area contributed by atoms with Crippen molar-refractivity contribution in [2.45, 2.75) is 45.1 Å². The second-order valence-corrected chi connectivity index (χ2v) is 8.99. The van der Waals surface area contributed by atoms with Crippen LogP contribution in [0.3, 0.4) is 0 Å². The number of amides is 2. The minimum Gasteiger partial charge on any atom is -0.494 e. The van der Waals surface area contributed by atoms with Gasteiger partial charge in [0.1, 0.15) is 5.75 Å². The van der Waals surface area contributed by atoms with Crippen molar-refractivity contribution in [3.8, 4) is 5.75 Å². The fourth-order valence-corrected chi connectivity index (χ4v) is 4.66. The van der Waals surface area contributed by atoms with Crippen molar-refractivity contribution in [2.24, 2.45) is 0 Å². The summed E-state index contributed by atoms with van der Waals surface area (Å²) in [4.78, 5) is 41.9. The van der Waals surface area contributed by atoms with E-state index in [9.17, 15) is 19.7 Å². The molecule has 2 aliphatic rings. The van der Waals surface area contributed by atoms with E-state index in [-0.39, 0.29) is 23.9 Å². The van der Waals surface area contributed by atoms with Gasteiger partial charge in [0.25, 0.3) is 11.6 Å². The van der Waals surface area contributed by atoms with Crippen molar-refractivity contribution in [3.63, 3.8) is 0 Å². The predicted octanol–water partition coefficient (Wildman–Crippen LogP) is 4.01. The molecule has 2 aromatic carbocycles. The summed E-state index contributed by atoms with van der Waals surface area (Å²) >= 11 is 0. The number of unbranched alkanes of at least 4 members (excludes halogenated alkanes) is 3. The molecule has 186 valence electrons. The number of nitro groups is 1. The van der Waals surface area contributed by atoms with Crippen LogP contribution in [0.25, 0.3) is 0 Å². The average molecular weight is 481 g/mol. The summed E-state index contributed by atoms with van der Waals surface area (Å²) in [5.41, 5.74) is 1.55. The zero-order valence-corrected chi connectivity index (χ0v) is 20.1. The van der Waals surface area contributed by atoms with Crippen LogP contribution in [0.2, 0.25) is 0 Å².